The lowest BCUT2D eigenvalue weighted by molar-refractivity contribution is -0.385. The molecule has 0 saturated carbocycles. The Hall–Kier alpha value is -1.99. The SMILES string of the molecule is Cc1ccc([N+](=O)[O-])c(C(=O)Nc2cc(Br)cnc2Cl)c1. The molecule has 0 unspecified atom stereocenters. The Balaban J connectivity index is 2.39. The van der Waals surface area contributed by atoms with Crippen molar-refractivity contribution in [3.8, 4) is 0 Å². The van der Waals surface area contributed by atoms with Gasteiger partial charge in [0.15, 0.2) is 5.15 Å². The lowest BCUT2D eigenvalue weighted by atomic mass is 10.1. The number of rotatable bonds is 3. The summed E-state index contributed by atoms with van der Waals surface area (Å²) in [6.45, 7) is 1.74. The van der Waals surface area contributed by atoms with Crippen LogP contribution in [0.1, 0.15) is 15.9 Å². The fourth-order valence-corrected chi connectivity index (χ4v) is 2.17. The van der Waals surface area contributed by atoms with Crippen LogP contribution in [0.25, 0.3) is 0 Å². The first-order chi connectivity index (χ1) is 9.88. The monoisotopic (exact) mass is 369 g/mol. The van der Waals surface area contributed by atoms with Crippen molar-refractivity contribution < 1.29 is 9.72 Å². The normalized spacial score (nSPS) is 10.2. The van der Waals surface area contributed by atoms with Gasteiger partial charge in [0.2, 0.25) is 0 Å². The van der Waals surface area contributed by atoms with Crippen LogP contribution in [-0.4, -0.2) is 15.8 Å². The minimum absolute atomic E-state index is 0.0314. The molecule has 21 heavy (non-hydrogen) atoms. The Morgan fingerprint density at radius 3 is 2.81 bits per heavy atom. The molecule has 1 heterocycles. The number of benzene rings is 1. The maximum absolute atomic E-state index is 12.2. The van der Waals surface area contributed by atoms with E-state index in [1.165, 1.54) is 18.3 Å². The molecule has 1 aromatic heterocycles. The predicted molar refractivity (Wildman–Crippen MR) is 82.7 cm³/mol. The molecule has 1 amide bonds. The molecule has 0 bridgehead atoms. The zero-order chi connectivity index (χ0) is 15.6. The molecule has 0 fully saturated rings. The van der Waals surface area contributed by atoms with E-state index < -0.39 is 10.8 Å². The molecule has 0 saturated heterocycles. The molecule has 1 N–H and O–H groups in total. The van der Waals surface area contributed by atoms with Crippen molar-refractivity contribution in [2.45, 2.75) is 6.92 Å². The second-order valence-electron chi connectivity index (χ2n) is 4.22. The highest BCUT2D eigenvalue weighted by molar-refractivity contribution is 9.10. The van der Waals surface area contributed by atoms with Crippen LogP contribution < -0.4 is 5.32 Å². The molecule has 0 radical (unpaired) electrons. The second-order valence-corrected chi connectivity index (χ2v) is 5.50. The van der Waals surface area contributed by atoms with E-state index in [-0.39, 0.29) is 22.1 Å². The fourth-order valence-electron chi connectivity index (χ4n) is 1.69. The summed E-state index contributed by atoms with van der Waals surface area (Å²) in [4.78, 5) is 26.5. The third-order valence-corrected chi connectivity index (χ3v) is 3.38. The van der Waals surface area contributed by atoms with Crippen LogP contribution in [0.5, 0.6) is 0 Å². The van der Waals surface area contributed by atoms with Crippen molar-refractivity contribution in [3.63, 3.8) is 0 Å². The van der Waals surface area contributed by atoms with Crippen LogP contribution in [0, 0.1) is 17.0 Å². The molecule has 1 aromatic carbocycles. The number of carbonyl (C=O) groups is 1. The van der Waals surface area contributed by atoms with Crippen LogP contribution >= 0.6 is 27.5 Å². The molecule has 2 rings (SSSR count). The van der Waals surface area contributed by atoms with Gasteiger partial charge in [0.05, 0.1) is 10.6 Å². The predicted octanol–water partition coefficient (Wildman–Crippen LogP) is 3.97. The highest BCUT2D eigenvalue weighted by Crippen LogP contribution is 2.26. The van der Waals surface area contributed by atoms with E-state index in [1.807, 2.05) is 0 Å². The third-order valence-electron chi connectivity index (χ3n) is 2.65. The Morgan fingerprint density at radius 2 is 2.14 bits per heavy atom. The molecule has 0 spiro atoms. The number of aromatic nitrogens is 1. The number of carbonyl (C=O) groups excluding carboxylic acids is 1. The van der Waals surface area contributed by atoms with Gasteiger partial charge in [0.25, 0.3) is 11.6 Å². The van der Waals surface area contributed by atoms with E-state index in [0.717, 1.165) is 5.56 Å². The number of nitrogens with one attached hydrogen (secondary N) is 1. The van der Waals surface area contributed by atoms with E-state index in [2.05, 4.69) is 26.2 Å². The average molecular weight is 371 g/mol. The first-order valence-electron chi connectivity index (χ1n) is 5.76. The first kappa shape index (κ1) is 15.4. The number of hydrogen-bond acceptors (Lipinski definition) is 4. The summed E-state index contributed by atoms with van der Waals surface area (Å²) in [6.07, 6.45) is 1.48. The Kier molecular flexibility index (Phi) is 4.54. The van der Waals surface area contributed by atoms with E-state index in [9.17, 15) is 14.9 Å². The second kappa shape index (κ2) is 6.19. The fraction of sp³-hybridized carbons (Fsp3) is 0.0769. The van der Waals surface area contributed by atoms with Crippen molar-refractivity contribution in [1.29, 1.82) is 0 Å². The van der Waals surface area contributed by atoms with Gasteiger partial charge in [0, 0.05) is 16.7 Å². The topological polar surface area (TPSA) is 85.1 Å². The van der Waals surface area contributed by atoms with Gasteiger partial charge in [0.1, 0.15) is 5.56 Å². The van der Waals surface area contributed by atoms with E-state index in [1.54, 1.807) is 19.1 Å². The number of nitrogens with zero attached hydrogens (tertiary/aromatic N) is 2. The van der Waals surface area contributed by atoms with Gasteiger partial charge in [-0.2, -0.15) is 0 Å². The summed E-state index contributed by atoms with van der Waals surface area (Å²) in [5.74, 6) is -0.618. The first-order valence-corrected chi connectivity index (χ1v) is 6.93. The van der Waals surface area contributed by atoms with Gasteiger partial charge in [-0.3, -0.25) is 14.9 Å². The smallest absolute Gasteiger partial charge is 0.282 e. The zero-order valence-corrected chi connectivity index (χ0v) is 13.1. The van der Waals surface area contributed by atoms with E-state index >= 15 is 0 Å². The number of anilines is 1. The summed E-state index contributed by atoms with van der Waals surface area (Å²) >= 11 is 9.09. The van der Waals surface area contributed by atoms with E-state index in [0.29, 0.717) is 4.47 Å². The average Bonchev–Trinajstić information content (AvgIpc) is 2.42. The van der Waals surface area contributed by atoms with Gasteiger partial charge in [-0.1, -0.05) is 17.7 Å². The molecular formula is C13H9BrClN3O3. The van der Waals surface area contributed by atoms with Crippen molar-refractivity contribution in [1.82, 2.24) is 4.98 Å². The largest absolute Gasteiger partial charge is 0.319 e. The zero-order valence-electron chi connectivity index (χ0n) is 10.8. The molecule has 6 nitrogen and oxygen atoms in total. The highest BCUT2D eigenvalue weighted by Gasteiger charge is 2.21. The lowest BCUT2D eigenvalue weighted by Crippen LogP contribution is -2.14. The maximum Gasteiger partial charge on any atom is 0.282 e. The number of nitro benzene ring substituents is 1. The van der Waals surface area contributed by atoms with Crippen molar-refractivity contribution >= 4 is 44.8 Å². The molecule has 0 aliphatic rings. The summed E-state index contributed by atoms with van der Waals surface area (Å²) in [7, 11) is 0. The lowest BCUT2D eigenvalue weighted by Gasteiger charge is -2.08. The van der Waals surface area contributed by atoms with E-state index in [4.69, 9.17) is 11.6 Å². The Bertz CT molecular complexity index is 737. The Morgan fingerprint density at radius 1 is 1.43 bits per heavy atom. The van der Waals surface area contributed by atoms with Crippen LogP contribution in [0.2, 0.25) is 5.15 Å². The molecule has 2 aromatic rings. The van der Waals surface area contributed by atoms with Crippen LogP contribution in [0.3, 0.4) is 0 Å². The van der Waals surface area contributed by atoms with Gasteiger partial charge < -0.3 is 5.32 Å². The van der Waals surface area contributed by atoms with Crippen LogP contribution in [-0.2, 0) is 0 Å². The van der Waals surface area contributed by atoms with Crippen LogP contribution in [0.4, 0.5) is 11.4 Å². The van der Waals surface area contributed by atoms with Gasteiger partial charge in [-0.25, -0.2) is 4.98 Å². The molecular weight excluding hydrogens is 362 g/mol. The molecule has 0 atom stereocenters. The van der Waals surface area contributed by atoms with Crippen molar-refractivity contribution in [3.05, 3.63) is 61.3 Å². The highest BCUT2D eigenvalue weighted by atomic mass is 79.9. The summed E-state index contributed by atoms with van der Waals surface area (Å²) in [5.41, 5.74) is 0.712. The molecule has 8 heteroatoms. The number of hydrogen-bond donors (Lipinski definition) is 1. The minimum Gasteiger partial charge on any atom is -0.319 e. The maximum atomic E-state index is 12.2. The van der Waals surface area contributed by atoms with Gasteiger partial charge in [-0.15, -0.1) is 0 Å². The van der Waals surface area contributed by atoms with Gasteiger partial charge >= 0.3 is 0 Å². The molecule has 0 aliphatic carbocycles. The number of aryl methyl sites for hydroxylation is 1. The number of amides is 1. The summed E-state index contributed by atoms with van der Waals surface area (Å²) in [6, 6.07) is 5.88. The standard InChI is InChI=1S/C13H9BrClN3O3/c1-7-2-3-11(18(20)21)9(4-7)13(19)17-10-5-8(14)6-16-12(10)15/h2-6H,1H3,(H,17,19). The third kappa shape index (κ3) is 3.56. The Labute approximate surface area is 133 Å². The summed E-state index contributed by atoms with van der Waals surface area (Å²) < 4.78 is 0.626. The number of nitro groups is 1. The minimum atomic E-state index is -0.618. The van der Waals surface area contributed by atoms with Crippen molar-refractivity contribution in [2.24, 2.45) is 0 Å². The number of halogens is 2. The van der Waals surface area contributed by atoms with Crippen LogP contribution in [0.15, 0.2) is 34.9 Å². The van der Waals surface area contributed by atoms with Gasteiger partial charge in [-0.05, 0) is 40.5 Å². The molecule has 108 valence electrons. The quantitative estimate of drug-likeness (QED) is 0.503. The summed E-state index contributed by atoms with van der Waals surface area (Å²) in [5, 5.41) is 13.6. The number of pyridine rings is 1. The van der Waals surface area contributed by atoms with Crippen molar-refractivity contribution in [2.75, 3.05) is 5.32 Å². The molecule has 0 aliphatic heterocycles.